The number of amides is 3. The van der Waals surface area contributed by atoms with Crippen molar-refractivity contribution in [3.8, 4) is 17.2 Å². The van der Waals surface area contributed by atoms with Gasteiger partial charge in [0.15, 0.2) is 0 Å². The van der Waals surface area contributed by atoms with Crippen LogP contribution in [-0.4, -0.2) is 68.8 Å². The van der Waals surface area contributed by atoms with E-state index in [1.54, 1.807) is 37.9 Å². The van der Waals surface area contributed by atoms with E-state index in [0.29, 0.717) is 23.9 Å². The van der Waals surface area contributed by atoms with Crippen molar-refractivity contribution in [2.45, 2.75) is 45.4 Å². The zero-order valence-electron chi connectivity index (χ0n) is 23.5. The number of nitriles is 1. The van der Waals surface area contributed by atoms with E-state index >= 15 is 8.78 Å². The molecule has 1 atom stereocenters. The molecule has 43 heavy (non-hydrogen) atoms. The number of nitrogens with one attached hydrogen (secondary N) is 1. The summed E-state index contributed by atoms with van der Waals surface area (Å²) in [4.78, 5) is 40.7. The van der Waals surface area contributed by atoms with Gasteiger partial charge in [-0.25, -0.2) is 18.4 Å². The molecule has 2 N–H and O–H groups in total. The summed E-state index contributed by atoms with van der Waals surface area (Å²) in [7, 11) is 0. The van der Waals surface area contributed by atoms with Crippen LogP contribution < -0.4 is 5.32 Å². The number of hydrogen-bond acceptors (Lipinski definition) is 6. The number of halogens is 2. The van der Waals surface area contributed by atoms with Gasteiger partial charge in [-0.2, -0.15) is 5.26 Å². The molecule has 6 rings (SSSR count). The first kappa shape index (κ1) is 28.4. The van der Waals surface area contributed by atoms with E-state index in [1.165, 1.54) is 17.0 Å². The molecular formula is C30H27F2N5O5S. The topological polar surface area (TPSA) is 128 Å². The van der Waals surface area contributed by atoms with Gasteiger partial charge in [-0.05, 0) is 51.0 Å². The molecule has 0 aliphatic carbocycles. The van der Waals surface area contributed by atoms with Crippen molar-refractivity contribution in [3.05, 3.63) is 53.2 Å². The number of carboxylic acid groups (broad SMARTS) is 1. The lowest BCUT2D eigenvalue weighted by Crippen LogP contribution is -2.57. The van der Waals surface area contributed by atoms with E-state index in [4.69, 9.17) is 4.74 Å². The van der Waals surface area contributed by atoms with Crippen LogP contribution in [0.1, 0.15) is 43.1 Å². The highest BCUT2D eigenvalue weighted by Crippen LogP contribution is 2.45. The van der Waals surface area contributed by atoms with Crippen LogP contribution in [0, 0.1) is 23.0 Å². The Morgan fingerprint density at radius 1 is 1.14 bits per heavy atom. The Kier molecular flexibility index (Phi) is 6.76. The normalized spacial score (nSPS) is 16.9. The fourth-order valence-electron chi connectivity index (χ4n) is 5.95. The fraction of sp³-hybridized carbons (Fsp3) is 0.333. The van der Waals surface area contributed by atoms with Gasteiger partial charge in [0, 0.05) is 48.7 Å². The average molecular weight is 608 g/mol. The minimum atomic E-state index is -1.05. The second-order valence-corrected chi connectivity index (χ2v) is 12.6. The van der Waals surface area contributed by atoms with E-state index in [-0.39, 0.29) is 63.0 Å². The molecule has 0 unspecified atom stereocenters. The summed E-state index contributed by atoms with van der Waals surface area (Å²) in [5, 5.41) is 22.7. The second-order valence-electron chi connectivity index (χ2n) is 11.6. The largest absolute Gasteiger partial charge is 0.465 e. The predicted molar refractivity (Wildman–Crippen MR) is 156 cm³/mol. The van der Waals surface area contributed by atoms with Gasteiger partial charge in [-0.3, -0.25) is 10.1 Å². The molecule has 4 heterocycles. The molecule has 2 aliphatic rings. The van der Waals surface area contributed by atoms with E-state index in [0.717, 1.165) is 17.4 Å². The van der Waals surface area contributed by atoms with Crippen molar-refractivity contribution in [3.63, 3.8) is 0 Å². The van der Waals surface area contributed by atoms with Crippen LogP contribution >= 0.6 is 11.3 Å². The minimum Gasteiger partial charge on any atom is -0.465 e. The average Bonchev–Trinajstić information content (AvgIpc) is 3.51. The number of aryl methyl sites for hydroxylation is 1. The first-order valence-corrected chi connectivity index (χ1v) is 14.4. The Labute approximate surface area is 248 Å². The van der Waals surface area contributed by atoms with Gasteiger partial charge in [-0.1, -0.05) is 6.07 Å². The number of fused-ring (bicyclic) bond motifs is 2. The highest BCUT2D eigenvalue weighted by Gasteiger charge is 2.36. The second kappa shape index (κ2) is 10.2. The van der Waals surface area contributed by atoms with Gasteiger partial charge < -0.3 is 24.2 Å². The maximum Gasteiger partial charge on any atom is 0.412 e. The minimum absolute atomic E-state index is 0.0345. The molecule has 0 saturated carbocycles. The summed E-state index contributed by atoms with van der Waals surface area (Å²) in [5.41, 5.74) is 0.141. The van der Waals surface area contributed by atoms with Crippen molar-refractivity contribution in [1.82, 2.24) is 14.4 Å². The molecule has 2 aliphatic heterocycles. The highest BCUT2D eigenvalue weighted by atomic mass is 32.1. The molecule has 0 radical (unpaired) electrons. The number of benzene rings is 2. The van der Waals surface area contributed by atoms with Crippen molar-refractivity contribution in [1.29, 1.82) is 5.26 Å². The lowest BCUT2D eigenvalue weighted by atomic mass is 9.93. The van der Waals surface area contributed by atoms with Crippen LogP contribution in [0.2, 0.25) is 0 Å². The molecular weight excluding hydrogens is 580 g/mol. The molecule has 1 saturated heterocycles. The maximum atomic E-state index is 16.2. The van der Waals surface area contributed by atoms with Gasteiger partial charge in [0.2, 0.25) is 0 Å². The summed E-state index contributed by atoms with van der Waals surface area (Å²) in [6, 6.07) is 7.11. The maximum absolute atomic E-state index is 16.2. The van der Waals surface area contributed by atoms with Crippen molar-refractivity contribution in [2.75, 3.05) is 25.0 Å². The molecule has 3 amide bonds. The number of carbonyl (C=O) groups is 3. The molecule has 10 nitrogen and oxygen atoms in total. The summed E-state index contributed by atoms with van der Waals surface area (Å²) in [6.45, 7) is 6.02. The molecule has 0 bridgehead atoms. The molecule has 222 valence electrons. The molecule has 2 aromatic carbocycles. The van der Waals surface area contributed by atoms with Crippen LogP contribution in [0.3, 0.4) is 0 Å². The number of ether oxygens (including phenoxy) is 1. The summed E-state index contributed by atoms with van der Waals surface area (Å²) < 4.78 is 38.6. The van der Waals surface area contributed by atoms with Crippen LogP contribution in [-0.2, 0) is 11.3 Å². The predicted octanol–water partition coefficient (Wildman–Crippen LogP) is 6.23. The van der Waals surface area contributed by atoms with Crippen molar-refractivity contribution < 1.29 is 33.0 Å². The van der Waals surface area contributed by atoms with Crippen molar-refractivity contribution in [2.24, 2.45) is 0 Å². The molecule has 4 aromatic rings. The number of anilines is 1. The van der Waals surface area contributed by atoms with E-state index in [9.17, 15) is 24.8 Å². The van der Waals surface area contributed by atoms with Gasteiger partial charge in [0.05, 0.1) is 27.4 Å². The molecule has 2 aromatic heterocycles. The molecule has 1 fully saturated rings. The quantitative estimate of drug-likeness (QED) is 0.278. The monoisotopic (exact) mass is 607 g/mol. The van der Waals surface area contributed by atoms with Crippen LogP contribution in [0.15, 0.2) is 30.5 Å². The summed E-state index contributed by atoms with van der Waals surface area (Å²) in [6.07, 6.45) is 0.374. The third-order valence-corrected chi connectivity index (χ3v) is 8.85. The van der Waals surface area contributed by atoms with Gasteiger partial charge >= 0.3 is 12.2 Å². The Bertz CT molecular complexity index is 1890. The fourth-order valence-corrected chi connectivity index (χ4v) is 7.02. The summed E-state index contributed by atoms with van der Waals surface area (Å²) in [5.74, 6) is -1.77. The number of carbonyl (C=O) groups excluding carboxylic acids is 2. The number of thiophene rings is 1. The highest BCUT2D eigenvalue weighted by molar-refractivity contribution is 7.23. The first-order valence-electron chi connectivity index (χ1n) is 13.6. The first-order chi connectivity index (χ1) is 20.4. The summed E-state index contributed by atoms with van der Waals surface area (Å²) >= 11 is 0.851. The van der Waals surface area contributed by atoms with E-state index < -0.39 is 35.3 Å². The lowest BCUT2D eigenvalue weighted by Gasteiger charge is -2.41. The number of nitrogens with zero attached hydrogens (tertiary/aromatic N) is 4. The standard InChI is InChI=1S/C30H27F2N5O5S/c1-30(2,3)42-28(39)34-26-19(13-33)23-16(4-5-20(31)25(23)43-26)22-17-7-9-35-8-6-15-14-36(29(40)41)10-11-37(15)27(38)18(24(17)35)12-21(22)32/h4-5,7,9,12,15H,6,8,10-11,14H2,1-3H3,(H,34,39)(H,40,41)/t15-/m1/s1. The van der Waals surface area contributed by atoms with Crippen LogP contribution in [0.5, 0.6) is 0 Å². The smallest absolute Gasteiger partial charge is 0.412 e. The molecule has 13 heteroatoms. The van der Waals surface area contributed by atoms with Gasteiger partial charge in [-0.15, -0.1) is 11.3 Å². The van der Waals surface area contributed by atoms with Gasteiger partial charge in [0.1, 0.15) is 28.3 Å². The zero-order valence-corrected chi connectivity index (χ0v) is 24.3. The Balaban J connectivity index is 1.50. The number of aromatic nitrogens is 1. The van der Waals surface area contributed by atoms with Gasteiger partial charge in [0.25, 0.3) is 5.91 Å². The number of rotatable bonds is 2. The Morgan fingerprint density at radius 2 is 1.91 bits per heavy atom. The van der Waals surface area contributed by atoms with Crippen LogP contribution in [0.25, 0.3) is 32.1 Å². The third-order valence-electron chi connectivity index (χ3n) is 7.73. The Morgan fingerprint density at radius 3 is 2.60 bits per heavy atom. The van der Waals surface area contributed by atoms with E-state index in [2.05, 4.69) is 5.32 Å². The zero-order chi connectivity index (χ0) is 30.8. The number of hydrogen-bond donors (Lipinski definition) is 2. The van der Waals surface area contributed by atoms with Crippen molar-refractivity contribution >= 4 is 55.4 Å². The van der Waals surface area contributed by atoms with E-state index in [1.807, 2.05) is 10.6 Å². The SMILES string of the molecule is CC(C)(C)OC(=O)Nc1sc2c(F)ccc(-c3c(F)cc4c5c3ccn5CC[C@@H]3CN(C(=O)O)CCN3C4=O)c2c1C#N. The number of piperazine rings is 1. The molecule has 0 spiro atoms. The van der Waals surface area contributed by atoms with Crippen LogP contribution in [0.4, 0.5) is 23.4 Å². The Hall–Kier alpha value is -4.70. The lowest BCUT2D eigenvalue weighted by molar-refractivity contribution is 0.0420. The third kappa shape index (κ3) is 4.81.